The number of thioether (sulfide) groups is 1. The van der Waals surface area contributed by atoms with Gasteiger partial charge in [-0.25, -0.2) is 9.89 Å². The first kappa shape index (κ1) is 13.7. The Hall–Kier alpha value is -1.28. The first-order valence-electron chi connectivity index (χ1n) is 6.88. The lowest BCUT2D eigenvalue weighted by Crippen LogP contribution is -2.52. The number of nitrogens with zero attached hydrogens (tertiary/aromatic N) is 2. The fraction of sp³-hybridized carbons (Fsp3) is 0.750. The lowest BCUT2D eigenvalue weighted by molar-refractivity contribution is -0.124. The molecular formula is C12H19N5O2S. The van der Waals surface area contributed by atoms with Gasteiger partial charge in [-0.3, -0.25) is 9.36 Å². The number of primary amides is 1. The summed E-state index contributed by atoms with van der Waals surface area (Å²) >= 11 is 1.57. The smallest absolute Gasteiger partial charge is 0.344 e. The highest BCUT2D eigenvalue weighted by atomic mass is 32.2. The quantitative estimate of drug-likeness (QED) is 0.709. The Labute approximate surface area is 120 Å². The molecule has 1 aromatic heterocycles. The molecule has 8 heteroatoms. The SMILES string of the molecule is CNC1(C(N)=O)CCC(Sc2n[nH]c(=O)n2C2CC2)C1. The van der Waals surface area contributed by atoms with Crippen LogP contribution in [0.25, 0.3) is 0 Å². The first-order valence-corrected chi connectivity index (χ1v) is 7.76. The number of nitrogens with one attached hydrogen (secondary N) is 2. The van der Waals surface area contributed by atoms with Gasteiger partial charge in [0.2, 0.25) is 5.91 Å². The van der Waals surface area contributed by atoms with Crippen molar-refractivity contribution in [2.24, 2.45) is 5.73 Å². The number of aromatic nitrogens is 3. The van der Waals surface area contributed by atoms with Crippen molar-refractivity contribution in [1.82, 2.24) is 20.1 Å². The first-order chi connectivity index (χ1) is 9.55. The number of hydrogen-bond acceptors (Lipinski definition) is 5. The molecule has 7 nitrogen and oxygen atoms in total. The van der Waals surface area contributed by atoms with Crippen molar-refractivity contribution in [3.05, 3.63) is 10.5 Å². The van der Waals surface area contributed by atoms with E-state index in [1.807, 2.05) is 0 Å². The number of amides is 1. The van der Waals surface area contributed by atoms with Crippen molar-refractivity contribution >= 4 is 17.7 Å². The average Bonchev–Trinajstić information content (AvgIpc) is 3.05. The number of likely N-dealkylation sites (N-methyl/N-ethyl adjacent to an activating group) is 1. The number of carbonyl (C=O) groups excluding carboxylic acids is 1. The van der Waals surface area contributed by atoms with Gasteiger partial charge in [0.1, 0.15) is 0 Å². The fourth-order valence-electron chi connectivity index (χ4n) is 2.85. The van der Waals surface area contributed by atoms with Crippen LogP contribution in [0.2, 0.25) is 0 Å². The minimum atomic E-state index is -0.612. The van der Waals surface area contributed by atoms with E-state index in [0.717, 1.165) is 30.8 Å². The van der Waals surface area contributed by atoms with Gasteiger partial charge < -0.3 is 11.1 Å². The maximum Gasteiger partial charge on any atom is 0.344 e. The molecule has 0 aliphatic heterocycles. The van der Waals surface area contributed by atoms with Crippen molar-refractivity contribution in [3.8, 4) is 0 Å². The number of aromatic amines is 1. The Bertz CT molecular complexity index is 579. The standard InChI is InChI=1S/C12H19N5O2S/c1-14-12(9(13)18)5-4-8(6-12)20-11-16-15-10(19)17(11)7-2-3-7/h7-8,14H,2-6H2,1H3,(H2,13,18)(H,15,19). The Kier molecular flexibility index (Phi) is 3.37. The molecule has 0 radical (unpaired) electrons. The zero-order chi connectivity index (χ0) is 14.3. The highest BCUT2D eigenvalue weighted by Crippen LogP contribution is 2.42. The summed E-state index contributed by atoms with van der Waals surface area (Å²) in [5, 5.41) is 10.7. The lowest BCUT2D eigenvalue weighted by atomic mass is 9.97. The Morgan fingerprint density at radius 3 is 2.85 bits per heavy atom. The van der Waals surface area contributed by atoms with Crippen LogP contribution in [-0.4, -0.2) is 38.5 Å². The zero-order valence-corrected chi connectivity index (χ0v) is 12.2. The maximum absolute atomic E-state index is 11.7. The van der Waals surface area contributed by atoms with Crippen molar-refractivity contribution < 1.29 is 4.79 Å². The van der Waals surface area contributed by atoms with Crippen LogP contribution in [0, 0.1) is 0 Å². The molecule has 3 rings (SSSR count). The van der Waals surface area contributed by atoms with Crippen LogP contribution in [0.3, 0.4) is 0 Å². The van der Waals surface area contributed by atoms with E-state index >= 15 is 0 Å². The molecule has 2 atom stereocenters. The molecule has 2 aliphatic carbocycles. The number of rotatable bonds is 5. The van der Waals surface area contributed by atoms with Crippen molar-refractivity contribution in [3.63, 3.8) is 0 Å². The average molecular weight is 297 g/mol. The van der Waals surface area contributed by atoms with Gasteiger partial charge >= 0.3 is 5.69 Å². The van der Waals surface area contributed by atoms with Crippen LogP contribution in [-0.2, 0) is 4.79 Å². The molecule has 2 saturated carbocycles. The molecule has 0 saturated heterocycles. The van der Waals surface area contributed by atoms with Gasteiger partial charge in [0, 0.05) is 11.3 Å². The van der Waals surface area contributed by atoms with Gasteiger partial charge in [-0.05, 0) is 39.2 Å². The third-order valence-electron chi connectivity index (χ3n) is 4.28. The molecule has 0 bridgehead atoms. The molecule has 110 valence electrons. The second-order valence-electron chi connectivity index (χ2n) is 5.59. The van der Waals surface area contributed by atoms with E-state index in [1.54, 1.807) is 23.4 Å². The highest BCUT2D eigenvalue weighted by Gasteiger charge is 2.43. The molecule has 2 aliphatic rings. The Morgan fingerprint density at radius 1 is 1.55 bits per heavy atom. The summed E-state index contributed by atoms with van der Waals surface area (Å²) in [6.07, 6.45) is 4.38. The van der Waals surface area contributed by atoms with E-state index in [4.69, 9.17) is 5.73 Å². The monoisotopic (exact) mass is 297 g/mol. The third kappa shape index (κ3) is 2.26. The van der Waals surface area contributed by atoms with Crippen molar-refractivity contribution in [1.29, 1.82) is 0 Å². The molecule has 0 aromatic carbocycles. The minimum absolute atomic E-state index is 0.136. The summed E-state index contributed by atoms with van der Waals surface area (Å²) in [5.74, 6) is -0.301. The van der Waals surface area contributed by atoms with Gasteiger partial charge in [0.15, 0.2) is 5.16 Å². The number of carbonyl (C=O) groups is 1. The second kappa shape index (κ2) is 4.92. The summed E-state index contributed by atoms with van der Waals surface area (Å²) in [4.78, 5) is 23.3. The van der Waals surface area contributed by atoms with Gasteiger partial charge in [0.25, 0.3) is 0 Å². The van der Waals surface area contributed by atoms with Gasteiger partial charge in [-0.1, -0.05) is 11.8 Å². The largest absolute Gasteiger partial charge is 0.368 e. The number of hydrogen-bond donors (Lipinski definition) is 3. The van der Waals surface area contributed by atoms with E-state index in [2.05, 4.69) is 15.5 Å². The molecular weight excluding hydrogens is 278 g/mol. The van der Waals surface area contributed by atoms with Crippen LogP contribution < -0.4 is 16.7 Å². The zero-order valence-electron chi connectivity index (χ0n) is 11.4. The Morgan fingerprint density at radius 2 is 2.30 bits per heavy atom. The molecule has 1 amide bonds. The van der Waals surface area contributed by atoms with Crippen LogP contribution >= 0.6 is 11.8 Å². The van der Waals surface area contributed by atoms with Gasteiger partial charge in [-0.15, -0.1) is 5.10 Å². The van der Waals surface area contributed by atoms with E-state index in [-0.39, 0.29) is 16.8 Å². The molecule has 20 heavy (non-hydrogen) atoms. The number of H-pyrrole nitrogens is 1. The number of nitrogens with two attached hydrogens (primary N) is 1. The normalized spacial score (nSPS) is 29.8. The van der Waals surface area contributed by atoms with E-state index in [9.17, 15) is 9.59 Å². The molecule has 1 heterocycles. The minimum Gasteiger partial charge on any atom is -0.368 e. The highest BCUT2D eigenvalue weighted by molar-refractivity contribution is 7.99. The topological polar surface area (TPSA) is 106 Å². The van der Waals surface area contributed by atoms with Crippen LogP contribution in [0.15, 0.2) is 9.95 Å². The van der Waals surface area contributed by atoms with Crippen LogP contribution in [0.5, 0.6) is 0 Å². The van der Waals surface area contributed by atoms with E-state index in [1.165, 1.54) is 0 Å². The molecule has 2 unspecified atom stereocenters. The second-order valence-corrected chi connectivity index (χ2v) is 6.86. The molecule has 0 spiro atoms. The third-order valence-corrected chi connectivity index (χ3v) is 5.51. The van der Waals surface area contributed by atoms with E-state index in [0.29, 0.717) is 12.5 Å². The van der Waals surface area contributed by atoms with Crippen molar-refractivity contribution in [2.75, 3.05) is 7.05 Å². The van der Waals surface area contributed by atoms with Crippen molar-refractivity contribution in [2.45, 2.75) is 54.1 Å². The van der Waals surface area contributed by atoms with Crippen LogP contribution in [0.4, 0.5) is 0 Å². The molecule has 2 fully saturated rings. The maximum atomic E-state index is 11.7. The molecule has 1 aromatic rings. The fourth-order valence-corrected chi connectivity index (χ4v) is 4.20. The lowest BCUT2D eigenvalue weighted by Gasteiger charge is -2.24. The Balaban J connectivity index is 1.74. The van der Waals surface area contributed by atoms with Gasteiger partial charge in [0.05, 0.1) is 5.54 Å². The summed E-state index contributed by atoms with van der Waals surface area (Å²) in [7, 11) is 1.77. The summed E-state index contributed by atoms with van der Waals surface area (Å²) < 4.78 is 1.74. The van der Waals surface area contributed by atoms with E-state index < -0.39 is 5.54 Å². The summed E-state index contributed by atoms with van der Waals surface area (Å²) in [5.41, 5.74) is 4.75. The predicted octanol–water partition coefficient (Wildman–Crippen LogP) is -0.00560. The predicted molar refractivity (Wildman–Crippen MR) is 75.6 cm³/mol. The molecule has 4 N–H and O–H groups in total. The van der Waals surface area contributed by atoms with Crippen LogP contribution in [0.1, 0.15) is 38.1 Å². The summed E-state index contributed by atoms with van der Waals surface area (Å²) in [6.45, 7) is 0. The van der Waals surface area contributed by atoms with Gasteiger partial charge in [-0.2, -0.15) is 0 Å². The summed E-state index contributed by atoms with van der Waals surface area (Å²) in [6, 6.07) is 0.301.